The molecule has 0 spiro atoms. The van der Waals surface area contributed by atoms with E-state index in [2.05, 4.69) is 6.58 Å². The summed E-state index contributed by atoms with van der Waals surface area (Å²) in [5, 5.41) is 117. The van der Waals surface area contributed by atoms with Crippen LogP contribution in [0.4, 0.5) is 0 Å². The topological polar surface area (TPSA) is 317 Å². The molecule has 3 aliphatic heterocycles. The number of aromatic hydroxyl groups is 1. The number of hydrogen-bond donors (Lipinski definition) is 11. The molecule has 11 N–H and O–H groups in total. The van der Waals surface area contributed by atoms with E-state index in [1.165, 1.54) is 52.1 Å². The Kier molecular flexibility index (Phi) is 13.6. The maximum absolute atomic E-state index is 14.7. The van der Waals surface area contributed by atoms with Gasteiger partial charge in [0.2, 0.25) is 23.8 Å². The Labute approximate surface area is 336 Å². The number of rotatable bonds is 12. The SMILES string of the molecule is C=C(C)[C@@H](O)Cc1c(O[C@@H]2O[C@H](CO)[C@@H](O)[C@H](O)[C@H]2O)cc(O)c2c(=O)c(O[C@@H]3O[C@@H](C)[C@H](O)[C@@H](O)[C@H]3O[C@@H]3O[C@@H](C)[C@H](O)[C@@H](O)[C@H]3O)c(-c3ccc(OC)cc3)oc12. The molecule has 3 saturated heterocycles. The van der Waals surface area contributed by atoms with E-state index in [4.69, 9.17) is 37.6 Å². The summed E-state index contributed by atoms with van der Waals surface area (Å²) in [6, 6.07) is 6.98. The van der Waals surface area contributed by atoms with Crippen LogP contribution < -0.4 is 19.6 Å². The van der Waals surface area contributed by atoms with Gasteiger partial charge in [-0.15, -0.1) is 0 Å². The summed E-state index contributed by atoms with van der Waals surface area (Å²) in [6.07, 6.45) is -26.2. The van der Waals surface area contributed by atoms with Crippen molar-refractivity contribution >= 4 is 11.0 Å². The first-order valence-electron chi connectivity index (χ1n) is 18.7. The molecule has 326 valence electrons. The highest BCUT2D eigenvalue weighted by molar-refractivity contribution is 5.91. The van der Waals surface area contributed by atoms with Crippen LogP contribution in [0.2, 0.25) is 0 Å². The van der Waals surface area contributed by atoms with E-state index in [0.717, 1.165) is 6.07 Å². The third-order valence-corrected chi connectivity index (χ3v) is 10.7. The van der Waals surface area contributed by atoms with E-state index >= 15 is 0 Å². The van der Waals surface area contributed by atoms with Gasteiger partial charge >= 0.3 is 0 Å². The highest BCUT2D eigenvalue weighted by Crippen LogP contribution is 2.42. The van der Waals surface area contributed by atoms with E-state index in [1.807, 2.05) is 0 Å². The summed E-state index contributed by atoms with van der Waals surface area (Å²) >= 11 is 0. The van der Waals surface area contributed by atoms with E-state index in [0.29, 0.717) is 5.75 Å². The number of methoxy groups -OCH3 is 1. The highest BCUT2D eigenvalue weighted by Gasteiger charge is 2.51. The third kappa shape index (κ3) is 8.65. The van der Waals surface area contributed by atoms with Crippen molar-refractivity contribution in [1.29, 1.82) is 0 Å². The Morgan fingerprint density at radius 3 is 2.00 bits per heavy atom. The second-order valence-corrected chi connectivity index (χ2v) is 14.9. The van der Waals surface area contributed by atoms with Gasteiger partial charge in [0, 0.05) is 23.6 Å². The summed E-state index contributed by atoms with van der Waals surface area (Å²) in [4.78, 5) is 14.7. The van der Waals surface area contributed by atoms with Crippen molar-refractivity contribution in [3.8, 4) is 34.3 Å². The maximum atomic E-state index is 14.7. The molecule has 0 bridgehead atoms. The molecule has 59 heavy (non-hydrogen) atoms. The zero-order valence-corrected chi connectivity index (χ0v) is 32.3. The van der Waals surface area contributed by atoms with Crippen LogP contribution in [0, 0.1) is 0 Å². The molecule has 3 aliphatic rings. The van der Waals surface area contributed by atoms with Crippen LogP contribution in [0.1, 0.15) is 26.3 Å². The molecule has 2 aromatic carbocycles. The summed E-state index contributed by atoms with van der Waals surface area (Å²) in [5.41, 5.74) is -1.05. The minimum absolute atomic E-state index is 0.0794. The van der Waals surface area contributed by atoms with Crippen molar-refractivity contribution in [2.45, 2.75) is 125 Å². The minimum Gasteiger partial charge on any atom is -0.507 e. The van der Waals surface area contributed by atoms with Gasteiger partial charge in [-0.1, -0.05) is 12.2 Å². The van der Waals surface area contributed by atoms with Crippen molar-refractivity contribution in [2.75, 3.05) is 13.7 Å². The van der Waals surface area contributed by atoms with Crippen molar-refractivity contribution < 1.29 is 93.7 Å². The molecule has 1 aromatic heterocycles. The van der Waals surface area contributed by atoms with E-state index in [9.17, 15) is 61.0 Å². The highest BCUT2D eigenvalue weighted by atomic mass is 16.8. The van der Waals surface area contributed by atoms with Gasteiger partial charge in [-0.25, -0.2) is 0 Å². The first-order valence-corrected chi connectivity index (χ1v) is 18.7. The van der Waals surface area contributed by atoms with Gasteiger partial charge in [-0.2, -0.15) is 0 Å². The van der Waals surface area contributed by atoms with Crippen molar-refractivity contribution in [3.63, 3.8) is 0 Å². The Bertz CT molecular complexity index is 2000. The van der Waals surface area contributed by atoms with Crippen LogP contribution in [0.25, 0.3) is 22.3 Å². The van der Waals surface area contributed by atoms with Crippen LogP contribution in [0.5, 0.6) is 23.0 Å². The lowest BCUT2D eigenvalue weighted by Crippen LogP contribution is -2.63. The maximum Gasteiger partial charge on any atom is 0.239 e. The number of aliphatic hydroxyl groups is 10. The number of phenols is 1. The standard InChI is InChI=1S/C39H50O20/c1-13(2)19(41)10-18-21(55-38-32(51)29(48)26(45)22(12-40)56-38)11-20(42)23-27(46)35(33(57-34(18)23)16-6-8-17(52-5)9-7-16)58-39-36(30(49)25(44)15(4)54-39)59-37-31(50)28(47)24(43)14(3)53-37/h6-9,11,14-15,19,22,24-26,28-32,36-45,47-51H,1,10,12H2,2-5H3/t14-,15-,19-,22+,24-,25-,26+,28+,29-,30+,31+,32+,36+,37-,38+,39-/m0/s1. The summed E-state index contributed by atoms with van der Waals surface area (Å²) in [5.74, 6) is -1.65. The first kappa shape index (κ1) is 44.6. The molecule has 0 amide bonds. The van der Waals surface area contributed by atoms with Crippen molar-refractivity contribution in [3.05, 3.63) is 58.3 Å². The van der Waals surface area contributed by atoms with E-state index < -0.39 is 127 Å². The molecule has 6 rings (SSSR count). The average Bonchev–Trinajstić information content (AvgIpc) is 3.21. The molecule has 0 aliphatic carbocycles. The number of fused-ring (bicyclic) bond motifs is 1. The Morgan fingerprint density at radius 2 is 1.39 bits per heavy atom. The van der Waals surface area contributed by atoms with E-state index in [1.54, 1.807) is 0 Å². The van der Waals surface area contributed by atoms with Gasteiger partial charge in [0.15, 0.2) is 18.2 Å². The normalized spacial score (nSPS) is 35.6. The molecule has 0 saturated carbocycles. The fourth-order valence-corrected chi connectivity index (χ4v) is 6.99. The monoisotopic (exact) mass is 838 g/mol. The fraction of sp³-hybridized carbons (Fsp3) is 0.564. The number of phenolic OH excluding ortho intramolecular Hbond substituents is 1. The smallest absolute Gasteiger partial charge is 0.239 e. The van der Waals surface area contributed by atoms with Crippen LogP contribution in [-0.2, 0) is 25.4 Å². The van der Waals surface area contributed by atoms with Gasteiger partial charge in [0.1, 0.15) is 83.2 Å². The van der Waals surface area contributed by atoms with Crippen molar-refractivity contribution in [1.82, 2.24) is 0 Å². The molecular formula is C39H50O20. The number of benzene rings is 2. The largest absolute Gasteiger partial charge is 0.507 e. The lowest BCUT2D eigenvalue weighted by molar-refractivity contribution is -0.352. The number of hydrogen-bond acceptors (Lipinski definition) is 20. The molecule has 20 nitrogen and oxygen atoms in total. The molecule has 0 radical (unpaired) electrons. The summed E-state index contributed by atoms with van der Waals surface area (Å²) in [6.45, 7) is 7.31. The van der Waals surface area contributed by atoms with Gasteiger partial charge in [0.25, 0.3) is 0 Å². The Morgan fingerprint density at radius 1 is 0.797 bits per heavy atom. The average molecular weight is 839 g/mol. The molecular weight excluding hydrogens is 788 g/mol. The molecule has 4 heterocycles. The van der Waals surface area contributed by atoms with Gasteiger partial charge in [-0.3, -0.25) is 4.79 Å². The van der Waals surface area contributed by atoms with Crippen LogP contribution >= 0.6 is 0 Å². The molecule has 16 atom stereocenters. The fourth-order valence-electron chi connectivity index (χ4n) is 6.99. The second-order valence-electron chi connectivity index (χ2n) is 14.9. The molecule has 3 aromatic rings. The van der Waals surface area contributed by atoms with Crippen molar-refractivity contribution in [2.24, 2.45) is 0 Å². The molecule has 20 heteroatoms. The Balaban J connectivity index is 1.52. The molecule has 0 unspecified atom stereocenters. The van der Waals surface area contributed by atoms with Gasteiger partial charge < -0.3 is 93.7 Å². The zero-order chi connectivity index (χ0) is 43.2. The predicted molar refractivity (Wildman–Crippen MR) is 199 cm³/mol. The lowest BCUT2D eigenvalue weighted by atomic mass is 9.97. The second kappa shape index (κ2) is 17.9. The third-order valence-electron chi connectivity index (χ3n) is 10.7. The summed E-state index contributed by atoms with van der Waals surface area (Å²) in [7, 11) is 1.42. The molecule has 3 fully saturated rings. The predicted octanol–water partition coefficient (Wildman–Crippen LogP) is -2.11. The number of aliphatic hydroxyl groups excluding tert-OH is 10. The lowest BCUT2D eigenvalue weighted by Gasteiger charge is -2.45. The van der Waals surface area contributed by atoms with Crippen LogP contribution in [0.3, 0.4) is 0 Å². The van der Waals surface area contributed by atoms with E-state index in [-0.39, 0.29) is 40.2 Å². The minimum atomic E-state index is -1.89. The Hall–Kier alpha value is -3.97. The van der Waals surface area contributed by atoms with Gasteiger partial charge in [-0.05, 0) is 45.0 Å². The zero-order valence-electron chi connectivity index (χ0n) is 32.3. The van der Waals surface area contributed by atoms with Crippen LogP contribution in [0.15, 0.2) is 51.7 Å². The quantitative estimate of drug-likeness (QED) is 0.0870. The van der Waals surface area contributed by atoms with Gasteiger partial charge in [0.05, 0.1) is 32.0 Å². The van der Waals surface area contributed by atoms with Crippen LogP contribution in [-0.4, -0.2) is 168 Å². The first-order chi connectivity index (χ1) is 27.9. The number of ether oxygens (including phenoxy) is 7. The summed E-state index contributed by atoms with van der Waals surface area (Å²) < 4.78 is 46.6.